The topological polar surface area (TPSA) is 125 Å². The van der Waals surface area contributed by atoms with Gasteiger partial charge in [-0.25, -0.2) is 13.4 Å². The average Bonchev–Trinajstić information content (AvgIpc) is 2.27. The minimum absolute atomic E-state index is 0.292. The highest BCUT2D eigenvalue weighted by Crippen LogP contribution is 2.21. The molecule has 0 radical (unpaired) electrons. The van der Waals surface area contributed by atoms with Gasteiger partial charge in [0.15, 0.2) is 0 Å². The minimum atomic E-state index is -4.34. The predicted molar refractivity (Wildman–Crippen MR) is 63.3 cm³/mol. The average molecular weight is 309 g/mol. The molecular formula is C9H9ClN2O6S. The van der Waals surface area contributed by atoms with E-state index < -0.39 is 39.9 Å². The molecule has 0 amide bonds. The van der Waals surface area contributed by atoms with Crippen LogP contribution in [0.3, 0.4) is 0 Å². The van der Waals surface area contributed by atoms with E-state index in [4.69, 9.17) is 21.8 Å². The van der Waals surface area contributed by atoms with Crippen LogP contribution in [-0.2, 0) is 19.6 Å². The molecule has 0 atom stereocenters. The molecule has 1 heterocycles. The zero-order chi connectivity index (χ0) is 14.6. The summed E-state index contributed by atoms with van der Waals surface area (Å²) in [5.41, 5.74) is 0. The lowest BCUT2D eigenvalue weighted by atomic mass is 10.5. The smallest absolute Gasteiger partial charge is 0.318 e. The number of carboxylic acids is 2. The second-order valence-electron chi connectivity index (χ2n) is 3.35. The molecule has 0 saturated heterocycles. The number of carbonyl (C=O) groups is 2. The van der Waals surface area contributed by atoms with Gasteiger partial charge in [-0.05, 0) is 12.1 Å². The van der Waals surface area contributed by atoms with Crippen molar-refractivity contribution in [2.24, 2.45) is 0 Å². The van der Waals surface area contributed by atoms with Crippen molar-refractivity contribution in [1.82, 2.24) is 9.29 Å². The van der Waals surface area contributed by atoms with Crippen molar-refractivity contribution in [3.63, 3.8) is 0 Å². The number of aliphatic carboxylic acids is 2. The first kappa shape index (κ1) is 15.3. The van der Waals surface area contributed by atoms with E-state index in [0.717, 1.165) is 6.07 Å². The Kier molecular flexibility index (Phi) is 4.81. The third-order valence-corrected chi connectivity index (χ3v) is 4.20. The lowest BCUT2D eigenvalue weighted by Gasteiger charge is -2.18. The van der Waals surface area contributed by atoms with E-state index in [2.05, 4.69) is 4.98 Å². The van der Waals surface area contributed by atoms with Gasteiger partial charge in [0.2, 0.25) is 10.0 Å². The van der Waals surface area contributed by atoms with Crippen molar-refractivity contribution in [2.75, 3.05) is 13.1 Å². The van der Waals surface area contributed by atoms with Crippen LogP contribution in [0.15, 0.2) is 23.2 Å². The molecule has 0 aliphatic carbocycles. The van der Waals surface area contributed by atoms with Crippen molar-refractivity contribution in [1.29, 1.82) is 0 Å². The molecule has 0 bridgehead atoms. The summed E-state index contributed by atoms with van der Waals surface area (Å²) in [6.45, 7) is -1.97. The van der Waals surface area contributed by atoms with Crippen LogP contribution in [0.4, 0.5) is 0 Å². The number of nitrogens with zero attached hydrogens (tertiary/aromatic N) is 2. The first-order valence-electron chi connectivity index (χ1n) is 4.79. The van der Waals surface area contributed by atoms with Gasteiger partial charge in [-0.2, -0.15) is 4.31 Å². The SMILES string of the molecule is O=C(O)CN(CC(=O)O)S(=O)(=O)c1cccnc1Cl. The van der Waals surface area contributed by atoms with Crippen LogP contribution in [0, 0.1) is 0 Å². The Labute approximate surface area is 113 Å². The molecule has 1 rings (SSSR count). The van der Waals surface area contributed by atoms with E-state index in [9.17, 15) is 18.0 Å². The van der Waals surface area contributed by atoms with Crippen LogP contribution >= 0.6 is 11.6 Å². The van der Waals surface area contributed by atoms with Gasteiger partial charge in [0.25, 0.3) is 0 Å². The molecule has 0 unspecified atom stereocenters. The molecule has 2 N–H and O–H groups in total. The Morgan fingerprint density at radius 2 is 1.79 bits per heavy atom. The highest BCUT2D eigenvalue weighted by atomic mass is 35.5. The summed E-state index contributed by atoms with van der Waals surface area (Å²) in [6.07, 6.45) is 1.25. The number of aromatic nitrogens is 1. The van der Waals surface area contributed by atoms with Crippen molar-refractivity contribution in [3.8, 4) is 0 Å². The Balaban J connectivity index is 3.23. The van der Waals surface area contributed by atoms with E-state index >= 15 is 0 Å². The molecule has 8 nitrogen and oxygen atoms in total. The number of pyridine rings is 1. The summed E-state index contributed by atoms with van der Waals surface area (Å²) in [4.78, 5) is 24.3. The Hall–Kier alpha value is -1.71. The molecule has 1 aromatic heterocycles. The van der Waals surface area contributed by atoms with Crippen LogP contribution in [0.25, 0.3) is 0 Å². The maximum absolute atomic E-state index is 12.1. The van der Waals surface area contributed by atoms with Gasteiger partial charge in [-0.15, -0.1) is 0 Å². The minimum Gasteiger partial charge on any atom is -0.480 e. The van der Waals surface area contributed by atoms with E-state index in [1.807, 2.05) is 0 Å². The molecule has 0 aliphatic rings. The molecule has 0 saturated carbocycles. The zero-order valence-electron chi connectivity index (χ0n) is 9.35. The van der Waals surface area contributed by atoms with E-state index in [1.54, 1.807) is 0 Å². The monoisotopic (exact) mass is 308 g/mol. The molecule has 1 aromatic rings. The third-order valence-electron chi connectivity index (χ3n) is 1.97. The number of hydrogen-bond acceptors (Lipinski definition) is 5. The Bertz CT molecular complexity index is 586. The fourth-order valence-corrected chi connectivity index (χ4v) is 3.00. The summed E-state index contributed by atoms with van der Waals surface area (Å²) >= 11 is 5.61. The predicted octanol–water partition coefficient (Wildman–Crippen LogP) is -0.105. The van der Waals surface area contributed by atoms with Gasteiger partial charge < -0.3 is 10.2 Å². The van der Waals surface area contributed by atoms with Crippen molar-refractivity contribution in [2.45, 2.75) is 4.90 Å². The van der Waals surface area contributed by atoms with Crippen LogP contribution in [-0.4, -0.2) is 52.9 Å². The van der Waals surface area contributed by atoms with Gasteiger partial charge >= 0.3 is 11.9 Å². The first-order chi connectivity index (χ1) is 8.75. The van der Waals surface area contributed by atoms with Gasteiger partial charge in [-0.1, -0.05) is 11.6 Å². The largest absolute Gasteiger partial charge is 0.480 e. The third kappa shape index (κ3) is 3.88. The zero-order valence-corrected chi connectivity index (χ0v) is 10.9. The van der Waals surface area contributed by atoms with Crippen molar-refractivity contribution in [3.05, 3.63) is 23.5 Å². The molecule has 10 heteroatoms. The highest BCUT2D eigenvalue weighted by Gasteiger charge is 2.30. The first-order valence-corrected chi connectivity index (χ1v) is 6.61. The molecular weight excluding hydrogens is 300 g/mol. The second-order valence-corrected chi connectivity index (χ2v) is 5.62. The Morgan fingerprint density at radius 3 is 2.21 bits per heavy atom. The van der Waals surface area contributed by atoms with Crippen LogP contribution in [0.2, 0.25) is 5.15 Å². The lowest BCUT2D eigenvalue weighted by Crippen LogP contribution is -2.39. The number of rotatable bonds is 6. The number of carboxylic acid groups (broad SMARTS) is 2. The molecule has 104 valence electrons. The molecule has 0 spiro atoms. The van der Waals surface area contributed by atoms with Crippen molar-refractivity contribution < 1.29 is 28.2 Å². The van der Waals surface area contributed by atoms with Crippen LogP contribution in [0.5, 0.6) is 0 Å². The standard InChI is InChI=1S/C9H9ClN2O6S/c10-9-6(2-1-3-11-9)19(17,18)12(4-7(13)14)5-8(15)16/h1-3H,4-5H2,(H,13,14)(H,15,16). The quantitative estimate of drug-likeness (QED) is 0.703. The highest BCUT2D eigenvalue weighted by molar-refractivity contribution is 7.89. The summed E-state index contributed by atoms with van der Waals surface area (Å²) in [5, 5.41) is 16.9. The summed E-state index contributed by atoms with van der Waals surface area (Å²) < 4.78 is 24.5. The Morgan fingerprint density at radius 1 is 1.26 bits per heavy atom. The maximum Gasteiger partial charge on any atom is 0.318 e. The maximum atomic E-state index is 12.1. The molecule has 19 heavy (non-hydrogen) atoms. The number of sulfonamides is 1. The van der Waals surface area contributed by atoms with Gasteiger partial charge in [0.05, 0.1) is 0 Å². The fourth-order valence-electron chi connectivity index (χ4n) is 1.23. The molecule has 0 aromatic carbocycles. The van der Waals surface area contributed by atoms with E-state index in [1.165, 1.54) is 12.3 Å². The van der Waals surface area contributed by atoms with Crippen molar-refractivity contribution >= 4 is 33.6 Å². The second kappa shape index (κ2) is 5.95. The number of halogens is 1. The van der Waals surface area contributed by atoms with Gasteiger partial charge in [0.1, 0.15) is 23.1 Å². The summed E-state index contributed by atoms with van der Waals surface area (Å²) in [7, 11) is -4.34. The van der Waals surface area contributed by atoms with E-state index in [-0.39, 0.29) is 5.15 Å². The summed E-state index contributed by atoms with van der Waals surface area (Å²) in [5.74, 6) is -2.96. The van der Waals surface area contributed by atoms with Gasteiger partial charge in [0, 0.05) is 6.20 Å². The summed E-state index contributed by atoms with van der Waals surface area (Å²) in [6, 6.07) is 2.40. The fraction of sp³-hybridized carbons (Fsp3) is 0.222. The van der Waals surface area contributed by atoms with E-state index in [0.29, 0.717) is 4.31 Å². The van der Waals surface area contributed by atoms with Crippen LogP contribution < -0.4 is 0 Å². The number of hydrogen-bond donors (Lipinski definition) is 2. The van der Waals surface area contributed by atoms with Gasteiger partial charge in [-0.3, -0.25) is 9.59 Å². The normalized spacial score (nSPS) is 11.5. The lowest BCUT2D eigenvalue weighted by molar-refractivity contribution is -0.139. The van der Waals surface area contributed by atoms with Crippen LogP contribution in [0.1, 0.15) is 0 Å². The molecule has 0 aliphatic heterocycles. The molecule has 0 fully saturated rings.